The summed E-state index contributed by atoms with van der Waals surface area (Å²) in [6, 6.07) is 10.5. The zero-order valence-electron chi connectivity index (χ0n) is 13.7. The second-order valence-electron chi connectivity index (χ2n) is 5.62. The van der Waals surface area contributed by atoms with E-state index in [1.807, 2.05) is 6.92 Å². The van der Waals surface area contributed by atoms with Crippen LogP contribution >= 0.6 is 0 Å². The van der Waals surface area contributed by atoms with Gasteiger partial charge in [0.2, 0.25) is 0 Å². The minimum Gasteiger partial charge on any atom is -0.423 e. The van der Waals surface area contributed by atoms with Gasteiger partial charge < -0.3 is 9.15 Å². The number of hydrogen-bond acceptors (Lipinski definition) is 4. The lowest BCUT2D eigenvalue weighted by atomic mass is 10.1. The van der Waals surface area contributed by atoms with E-state index in [1.54, 1.807) is 31.2 Å². The molecule has 1 aromatic heterocycles. The first-order chi connectivity index (χ1) is 11.9. The molecule has 0 fully saturated rings. The van der Waals surface area contributed by atoms with Gasteiger partial charge in [-0.3, -0.25) is 0 Å². The fourth-order valence-corrected chi connectivity index (χ4v) is 2.49. The molecule has 3 rings (SSSR count). The Labute approximate surface area is 143 Å². The van der Waals surface area contributed by atoms with Crippen molar-refractivity contribution in [3.8, 4) is 5.75 Å². The van der Waals surface area contributed by atoms with Crippen molar-refractivity contribution in [1.29, 1.82) is 0 Å². The molecule has 0 amide bonds. The Bertz CT molecular complexity index is 1030. The van der Waals surface area contributed by atoms with Gasteiger partial charge in [0.05, 0.1) is 0 Å². The molecule has 0 atom stereocenters. The molecule has 0 saturated heterocycles. The summed E-state index contributed by atoms with van der Waals surface area (Å²) in [6.45, 7) is 3.53. The highest BCUT2D eigenvalue weighted by molar-refractivity contribution is 5.90. The van der Waals surface area contributed by atoms with Gasteiger partial charge in [0, 0.05) is 23.1 Å². The van der Waals surface area contributed by atoms with E-state index in [4.69, 9.17) is 9.15 Å². The van der Waals surface area contributed by atoms with Crippen molar-refractivity contribution in [3.63, 3.8) is 0 Å². The van der Waals surface area contributed by atoms with Crippen molar-refractivity contribution in [2.24, 2.45) is 0 Å². The van der Waals surface area contributed by atoms with Gasteiger partial charge in [-0.25, -0.2) is 14.0 Å². The molecule has 126 valence electrons. The topological polar surface area (TPSA) is 56.5 Å². The van der Waals surface area contributed by atoms with Crippen molar-refractivity contribution in [1.82, 2.24) is 0 Å². The Morgan fingerprint density at radius 1 is 1.12 bits per heavy atom. The molecule has 4 nitrogen and oxygen atoms in total. The van der Waals surface area contributed by atoms with E-state index < -0.39 is 11.6 Å². The van der Waals surface area contributed by atoms with E-state index in [9.17, 15) is 14.0 Å². The second-order valence-corrected chi connectivity index (χ2v) is 5.62. The molecule has 1 heterocycles. The van der Waals surface area contributed by atoms with Crippen LogP contribution in [0.25, 0.3) is 17.0 Å². The third-order valence-electron chi connectivity index (χ3n) is 3.81. The number of aryl methyl sites for hydroxylation is 2. The fraction of sp³-hybridized carbons (Fsp3) is 0.100. The average molecular weight is 338 g/mol. The maximum absolute atomic E-state index is 12.9. The first-order valence-corrected chi connectivity index (χ1v) is 7.63. The number of esters is 1. The summed E-state index contributed by atoms with van der Waals surface area (Å²) < 4.78 is 23.4. The SMILES string of the molecule is Cc1cc(=O)oc2c(C)c(OC(=O)/C=C/c3ccc(F)cc3)ccc12. The van der Waals surface area contributed by atoms with E-state index in [0.717, 1.165) is 10.9 Å². The highest BCUT2D eigenvalue weighted by atomic mass is 19.1. The van der Waals surface area contributed by atoms with Crippen LogP contribution in [0.2, 0.25) is 0 Å². The molecule has 0 saturated carbocycles. The minimum atomic E-state index is -0.582. The Kier molecular flexibility index (Phi) is 4.48. The lowest BCUT2D eigenvalue weighted by Crippen LogP contribution is -2.06. The molecule has 0 aliphatic carbocycles. The highest BCUT2D eigenvalue weighted by Gasteiger charge is 2.12. The predicted molar refractivity (Wildman–Crippen MR) is 93.0 cm³/mol. The lowest BCUT2D eigenvalue weighted by Gasteiger charge is -2.08. The van der Waals surface area contributed by atoms with Crippen LogP contribution in [0.5, 0.6) is 5.75 Å². The molecule has 0 aliphatic rings. The monoisotopic (exact) mass is 338 g/mol. The van der Waals surface area contributed by atoms with E-state index in [1.165, 1.54) is 30.4 Å². The predicted octanol–water partition coefficient (Wildman–Crippen LogP) is 4.17. The Morgan fingerprint density at radius 3 is 2.56 bits per heavy atom. The van der Waals surface area contributed by atoms with Gasteiger partial charge in [0.1, 0.15) is 17.1 Å². The minimum absolute atomic E-state index is 0.315. The molecule has 3 aromatic rings. The number of fused-ring (bicyclic) bond motifs is 1. The second kappa shape index (κ2) is 6.73. The molecule has 0 spiro atoms. The third-order valence-corrected chi connectivity index (χ3v) is 3.81. The van der Waals surface area contributed by atoms with Crippen molar-refractivity contribution < 1.29 is 18.3 Å². The van der Waals surface area contributed by atoms with Gasteiger partial charge in [0.15, 0.2) is 0 Å². The van der Waals surface area contributed by atoms with Crippen LogP contribution in [0.1, 0.15) is 16.7 Å². The quantitative estimate of drug-likeness (QED) is 0.311. The summed E-state index contributed by atoms with van der Waals surface area (Å²) in [7, 11) is 0. The number of carbonyl (C=O) groups is 1. The molecule has 0 unspecified atom stereocenters. The Morgan fingerprint density at radius 2 is 1.84 bits per heavy atom. The summed E-state index contributed by atoms with van der Waals surface area (Å²) in [5.74, 6) is -0.611. The number of carbonyl (C=O) groups excluding carboxylic acids is 1. The summed E-state index contributed by atoms with van der Waals surface area (Å²) in [5, 5.41) is 0.791. The van der Waals surface area contributed by atoms with E-state index in [0.29, 0.717) is 22.5 Å². The fourth-order valence-electron chi connectivity index (χ4n) is 2.49. The molecule has 2 aromatic carbocycles. The van der Waals surface area contributed by atoms with Crippen molar-refractivity contribution in [3.05, 3.63) is 81.5 Å². The molecular weight excluding hydrogens is 323 g/mol. The van der Waals surface area contributed by atoms with Crippen LogP contribution in [0.15, 0.2) is 57.8 Å². The molecule has 0 radical (unpaired) electrons. The molecule has 5 heteroatoms. The van der Waals surface area contributed by atoms with E-state index in [2.05, 4.69) is 0 Å². The number of rotatable bonds is 3. The van der Waals surface area contributed by atoms with E-state index in [-0.39, 0.29) is 5.82 Å². The normalized spacial score (nSPS) is 11.2. The summed E-state index contributed by atoms with van der Waals surface area (Å²) >= 11 is 0. The van der Waals surface area contributed by atoms with Crippen LogP contribution in [0, 0.1) is 19.7 Å². The van der Waals surface area contributed by atoms with Crippen LogP contribution in [0.4, 0.5) is 4.39 Å². The Balaban J connectivity index is 1.85. The van der Waals surface area contributed by atoms with Gasteiger partial charge in [-0.2, -0.15) is 0 Å². The van der Waals surface area contributed by atoms with Crippen molar-refractivity contribution in [2.45, 2.75) is 13.8 Å². The zero-order valence-corrected chi connectivity index (χ0v) is 13.7. The number of halogens is 1. The standard InChI is InChI=1S/C20H15FO4/c1-12-11-19(23)25-20-13(2)17(9-8-16(12)20)24-18(22)10-5-14-3-6-15(21)7-4-14/h3-11H,1-2H3/b10-5+. The summed E-state index contributed by atoms with van der Waals surface area (Å²) in [5.41, 5.74) is 1.99. The number of benzene rings is 2. The lowest BCUT2D eigenvalue weighted by molar-refractivity contribution is -0.128. The van der Waals surface area contributed by atoms with Gasteiger partial charge >= 0.3 is 11.6 Å². The van der Waals surface area contributed by atoms with E-state index >= 15 is 0 Å². The smallest absolute Gasteiger partial charge is 0.336 e. The maximum atomic E-state index is 12.9. The molecule has 0 bridgehead atoms. The highest BCUT2D eigenvalue weighted by Crippen LogP contribution is 2.28. The van der Waals surface area contributed by atoms with Crippen molar-refractivity contribution in [2.75, 3.05) is 0 Å². The summed E-state index contributed by atoms with van der Waals surface area (Å²) in [4.78, 5) is 23.6. The first-order valence-electron chi connectivity index (χ1n) is 7.63. The average Bonchev–Trinajstić information content (AvgIpc) is 2.57. The zero-order chi connectivity index (χ0) is 18.0. The largest absolute Gasteiger partial charge is 0.423 e. The number of ether oxygens (including phenoxy) is 1. The molecule has 0 aliphatic heterocycles. The van der Waals surface area contributed by atoms with Gasteiger partial charge in [-0.15, -0.1) is 0 Å². The van der Waals surface area contributed by atoms with Crippen LogP contribution < -0.4 is 10.4 Å². The number of hydrogen-bond donors (Lipinski definition) is 0. The van der Waals surface area contributed by atoms with Crippen LogP contribution in [-0.4, -0.2) is 5.97 Å². The third kappa shape index (κ3) is 3.66. The summed E-state index contributed by atoms with van der Waals surface area (Å²) in [6.07, 6.45) is 2.78. The molecule has 25 heavy (non-hydrogen) atoms. The molecule has 0 N–H and O–H groups in total. The van der Waals surface area contributed by atoms with Crippen LogP contribution in [-0.2, 0) is 4.79 Å². The van der Waals surface area contributed by atoms with Gasteiger partial charge in [-0.1, -0.05) is 12.1 Å². The van der Waals surface area contributed by atoms with Gasteiger partial charge in [-0.05, 0) is 55.3 Å². The van der Waals surface area contributed by atoms with Crippen LogP contribution in [0.3, 0.4) is 0 Å². The van der Waals surface area contributed by atoms with Gasteiger partial charge in [0.25, 0.3) is 0 Å². The first kappa shape index (κ1) is 16.6. The Hall–Kier alpha value is -3.21. The maximum Gasteiger partial charge on any atom is 0.336 e. The van der Waals surface area contributed by atoms with Crippen molar-refractivity contribution >= 4 is 23.0 Å². The molecular formula is C20H15FO4.